The lowest BCUT2D eigenvalue weighted by atomic mass is 9.98. The molecule has 406 valence electrons. The fourth-order valence-corrected chi connectivity index (χ4v) is 9.04. The number of ether oxygens (including phenoxy) is 2. The molecule has 2 fully saturated rings. The van der Waals surface area contributed by atoms with Crippen molar-refractivity contribution in [3.63, 3.8) is 0 Å². The molecule has 14 nitrogen and oxygen atoms in total. The van der Waals surface area contributed by atoms with Crippen LogP contribution >= 0.6 is 0 Å². The van der Waals surface area contributed by atoms with Crippen molar-refractivity contribution < 1.29 is 55.3 Å². The van der Waals surface area contributed by atoms with Gasteiger partial charge in [-0.25, -0.2) is 19.0 Å². The zero-order chi connectivity index (χ0) is 55.5. The third kappa shape index (κ3) is 13.2. The minimum atomic E-state index is -4.34. The Hall–Kier alpha value is -8.13. The van der Waals surface area contributed by atoms with Crippen LogP contribution in [0, 0.1) is 25.7 Å². The second kappa shape index (κ2) is 22.8. The molecule has 8 aromatic rings. The number of anilines is 2. The summed E-state index contributed by atoms with van der Waals surface area (Å²) in [5.41, 5.74) is 7.88. The van der Waals surface area contributed by atoms with Gasteiger partial charge in [0.1, 0.15) is 23.3 Å². The number of rotatable bonds is 20. The highest BCUT2D eigenvalue weighted by molar-refractivity contribution is 6.08. The van der Waals surface area contributed by atoms with Gasteiger partial charge in [0, 0.05) is 53.7 Å². The molecule has 0 spiro atoms. The van der Waals surface area contributed by atoms with E-state index in [-0.39, 0.29) is 40.8 Å². The number of hydrogen-bond donors (Lipinski definition) is 3. The zero-order valence-corrected chi connectivity index (χ0v) is 43.1. The highest BCUT2D eigenvalue weighted by atomic mass is 19.4. The number of aryl methyl sites for hydroxylation is 2. The number of aliphatic hydroxyl groups excluding tert-OH is 1. The number of imidazole rings is 2. The number of carbonyl (C=O) groups is 3. The smallest absolute Gasteiger partial charge is 0.390 e. The molecule has 0 aliphatic heterocycles. The number of nitrogens with zero attached hydrogens (tertiary/aromatic N) is 6. The van der Waals surface area contributed by atoms with Crippen LogP contribution in [0.5, 0.6) is 11.5 Å². The summed E-state index contributed by atoms with van der Waals surface area (Å²) in [7, 11) is 3.06. The minimum Gasteiger partial charge on any atom is -0.497 e. The molecule has 2 aliphatic rings. The third-order valence-corrected chi connectivity index (χ3v) is 13.7. The standard InChI is InChI=1S/C29H29F3N4O3.C29H27F3N4O3/c2*1-17-13-20(7-10-22(17)26(37)14-18-3-4-18)25-16-34-28-24(33-12-11-29(30,31)32)15-23(35-36(25)28)27(38)19-5-8-21(39-2)9-6-19/h5-10,13,15-16,18,27,33,38H,3-4,11-12,14H2,1-2H3;5-10,13,15-16,18,33H,3-4,11-12,14H2,1-2H3. The number of methoxy groups -OCH3 is 2. The van der Waals surface area contributed by atoms with Crippen molar-refractivity contribution in [2.24, 2.45) is 11.8 Å². The molecule has 0 amide bonds. The van der Waals surface area contributed by atoms with Gasteiger partial charge in [-0.3, -0.25) is 14.4 Å². The lowest BCUT2D eigenvalue weighted by Gasteiger charge is -2.16. The van der Waals surface area contributed by atoms with Gasteiger partial charge in [-0.1, -0.05) is 36.4 Å². The number of hydrogen-bond acceptors (Lipinski definition) is 12. The van der Waals surface area contributed by atoms with Crippen LogP contribution in [0.1, 0.15) is 117 Å². The molecule has 4 aromatic carbocycles. The highest BCUT2D eigenvalue weighted by Crippen LogP contribution is 2.37. The van der Waals surface area contributed by atoms with Crippen LogP contribution in [-0.4, -0.2) is 91.3 Å². The molecule has 0 saturated heterocycles. The van der Waals surface area contributed by atoms with Crippen molar-refractivity contribution in [3.8, 4) is 34.0 Å². The van der Waals surface area contributed by atoms with Gasteiger partial charge in [-0.15, -0.1) is 0 Å². The Morgan fingerprint density at radius 1 is 0.628 bits per heavy atom. The van der Waals surface area contributed by atoms with Crippen molar-refractivity contribution in [1.82, 2.24) is 29.2 Å². The maximum Gasteiger partial charge on any atom is 0.390 e. The predicted octanol–water partition coefficient (Wildman–Crippen LogP) is 12.4. The maximum absolute atomic E-state index is 13.3. The Morgan fingerprint density at radius 2 is 1.08 bits per heavy atom. The first-order chi connectivity index (χ1) is 37.2. The number of aliphatic hydroxyl groups is 1. The summed E-state index contributed by atoms with van der Waals surface area (Å²) in [4.78, 5) is 47.5. The fraction of sp³-hybridized carbons (Fsp3) is 0.328. The number of fused-ring (bicyclic) bond motifs is 2. The topological polar surface area (TPSA) is 174 Å². The number of alkyl halides is 6. The quantitative estimate of drug-likeness (QED) is 0.0487. The second-order valence-corrected chi connectivity index (χ2v) is 19.7. The van der Waals surface area contributed by atoms with Crippen LogP contribution in [0.4, 0.5) is 37.7 Å². The van der Waals surface area contributed by atoms with Crippen molar-refractivity contribution in [2.75, 3.05) is 37.9 Å². The van der Waals surface area contributed by atoms with Crippen molar-refractivity contribution >= 4 is 40.0 Å². The van der Waals surface area contributed by atoms with Crippen molar-refractivity contribution in [1.29, 1.82) is 0 Å². The van der Waals surface area contributed by atoms with Crippen LogP contribution in [0.25, 0.3) is 33.8 Å². The van der Waals surface area contributed by atoms with Gasteiger partial charge < -0.3 is 25.2 Å². The molecule has 10 rings (SSSR count). The predicted molar refractivity (Wildman–Crippen MR) is 281 cm³/mol. The summed E-state index contributed by atoms with van der Waals surface area (Å²) in [6.07, 6.45) is -3.27. The summed E-state index contributed by atoms with van der Waals surface area (Å²) in [6, 6.07) is 27.2. The molecule has 20 heteroatoms. The van der Waals surface area contributed by atoms with E-state index in [2.05, 4.69) is 30.8 Å². The molecule has 4 aromatic heterocycles. The average Bonchev–Trinajstić information content (AvgIpc) is 4.39. The molecule has 0 bridgehead atoms. The third-order valence-electron chi connectivity index (χ3n) is 13.7. The van der Waals surface area contributed by atoms with E-state index in [4.69, 9.17) is 9.47 Å². The monoisotopic (exact) mass is 1070 g/mol. The van der Waals surface area contributed by atoms with E-state index >= 15 is 0 Å². The molecule has 0 radical (unpaired) electrons. The van der Waals surface area contributed by atoms with E-state index in [1.807, 2.05) is 32.0 Å². The van der Waals surface area contributed by atoms with Gasteiger partial charge in [-0.05, 0) is 129 Å². The van der Waals surface area contributed by atoms with Crippen LogP contribution in [0.3, 0.4) is 0 Å². The van der Waals surface area contributed by atoms with Crippen LogP contribution in [0.2, 0.25) is 0 Å². The zero-order valence-electron chi connectivity index (χ0n) is 43.1. The molecule has 2 saturated carbocycles. The highest BCUT2D eigenvalue weighted by Gasteiger charge is 2.30. The molecule has 2 aliphatic carbocycles. The van der Waals surface area contributed by atoms with Gasteiger partial charge >= 0.3 is 12.4 Å². The van der Waals surface area contributed by atoms with Gasteiger partial charge in [0.15, 0.2) is 22.9 Å². The van der Waals surface area contributed by atoms with Crippen molar-refractivity contribution in [2.45, 2.75) is 83.7 Å². The van der Waals surface area contributed by atoms with Crippen LogP contribution in [-0.2, 0) is 0 Å². The molecule has 4 heterocycles. The summed E-state index contributed by atoms with van der Waals surface area (Å²) in [5, 5.41) is 25.9. The van der Waals surface area contributed by atoms with Gasteiger partial charge in [0.05, 0.1) is 67.9 Å². The van der Waals surface area contributed by atoms with Gasteiger partial charge in [0.2, 0.25) is 5.78 Å². The first-order valence-corrected chi connectivity index (χ1v) is 25.4. The van der Waals surface area contributed by atoms with E-state index < -0.39 is 43.6 Å². The Morgan fingerprint density at radius 3 is 1.51 bits per heavy atom. The Kier molecular flexibility index (Phi) is 16.0. The number of benzene rings is 4. The number of halogens is 6. The molecule has 78 heavy (non-hydrogen) atoms. The largest absolute Gasteiger partial charge is 0.497 e. The Labute approximate surface area is 444 Å². The number of carbonyl (C=O) groups excluding carboxylic acids is 3. The van der Waals surface area contributed by atoms with E-state index in [1.165, 1.54) is 35.4 Å². The molecular weight excluding hydrogens is 1020 g/mol. The summed E-state index contributed by atoms with van der Waals surface area (Å²) in [5.74, 6) is 1.99. The fourth-order valence-electron chi connectivity index (χ4n) is 9.04. The molecule has 1 unspecified atom stereocenters. The molecular formula is C58H56F6N8O6. The Balaban J connectivity index is 0.000000190. The van der Waals surface area contributed by atoms with E-state index in [0.717, 1.165) is 42.4 Å². The lowest BCUT2D eigenvalue weighted by molar-refractivity contribution is -0.132. The normalized spacial score (nSPS) is 13.9. The average molecular weight is 1080 g/mol. The molecule has 1 atom stereocenters. The first-order valence-electron chi connectivity index (χ1n) is 25.4. The van der Waals surface area contributed by atoms with Crippen LogP contribution < -0.4 is 20.1 Å². The van der Waals surface area contributed by atoms with E-state index in [9.17, 15) is 45.8 Å². The number of nitrogens with one attached hydrogen (secondary N) is 2. The van der Waals surface area contributed by atoms with Gasteiger partial charge in [0.25, 0.3) is 0 Å². The van der Waals surface area contributed by atoms with Gasteiger partial charge in [-0.2, -0.15) is 36.5 Å². The summed E-state index contributed by atoms with van der Waals surface area (Å²) < 4.78 is 90.3. The van der Waals surface area contributed by atoms with Crippen molar-refractivity contribution in [3.05, 3.63) is 154 Å². The lowest BCUT2D eigenvalue weighted by Crippen LogP contribution is -2.16. The summed E-state index contributed by atoms with van der Waals surface area (Å²) >= 11 is 0. The minimum absolute atomic E-state index is 0.0365. The Bertz CT molecular complexity index is 3490. The number of ketones is 3. The van der Waals surface area contributed by atoms with Crippen LogP contribution in [0.15, 0.2) is 109 Å². The summed E-state index contributed by atoms with van der Waals surface area (Å²) in [6.45, 7) is 2.99. The SMILES string of the molecule is COc1ccc(C(=O)c2cc(NCCC(F)(F)F)c3ncc(-c4ccc(C(=O)CC5CC5)c(C)c4)n3n2)cc1.COc1ccc(C(O)c2cc(NCCC(F)(F)F)c3ncc(-c4ccc(C(=O)CC5CC5)c(C)c4)n3n2)cc1. The number of Topliss-reactive ketones (excluding diaryl/α,β-unsaturated/α-hetero) is 2. The second-order valence-electron chi connectivity index (χ2n) is 19.7. The van der Waals surface area contributed by atoms with E-state index in [1.54, 1.807) is 79.1 Å². The maximum atomic E-state index is 13.3. The van der Waals surface area contributed by atoms with E-state index in [0.29, 0.717) is 86.7 Å². The first kappa shape index (κ1) is 54.7. The number of aromatic nitrogens is 6. The molecule has 3 N–H and O–H groups in total.